The van der Waals surface area contributed by atoms with E-state index in [-0.39, 0.29) is 6.09 Å². The molecule has 1 aromatic carbocycles. The van der Waals surface area contributed by atoms with Crippen LogP contribution in [0, 0.1) is 0 Å². The highest BCUT2D eigenvalue weighted by Gasteiger charge is 2.21. The third kappa shape index (κ3) is 5.56. The van der Waals surface area contributed by atoms with E-state index in [4.69, 9.17) is 10.5 Å². The normalized spacial score (nSPS) is 11.2. The molecule has 1 rings (SSSR count). The number of anilines is 1. The SMILES string of the molecule is CCN(CCN(C)c1ccccc1CN)C(=O)OC(C)(C)C. The van der Waals surface area contributed by atoms with Crippen molar-refractivity contribution < 1.29 is 9.53 Å². The molecule has 0 fully saturated rings. The number of hydrogen-bond acceptors (Lipinski definition) is 4. The average molecular weight is 307 g/mol. The van der Waals surface area contributed by atoms with Gasteiger partial charge in [0, 0.05) is 38.9 Å². The summed E-state index contributed by atoms with van der Waals surface area (Å²) < 4.78 is 5.42. The van der Waals surface area contributed by atoms with Gasteiger partial charge in [0.05, 0.1) is 0 Å². The molecule has 0 atom stereocenters. The van der Waals surface area contributed by atoms with E-state index in [0.717, 1.165) is 17.8 Å². The quantitative estimate of drug-likeness (QED) is 0.878. The fourth-order valence-electron chi connectivity index (χ4n) is 2.15. The number of nitrogens with two attached hydrogens (primary N) is 1. The van der Waals surface area contributed by atoms with E-state index in [1.165, 1.54) is 0 Å². The first-order chi connectivity index (χ1) is 10.3. The molecule has 22 heavy (non-hydrogen) atoms. The molecular weight excluding hydrogens is 278 g/mol. The molecule has 0 aliphatic rings. The summed E-state index contributed by atoms with van der Waals surface area (Å²) in [7, 11) is 2.01. The molecule has 0 saturated carbocycles. The van der Waals surface area contributed by atoms with E-state index in [0.29, 0.717) is 19.6 Å². The van der Waals surface area contributed by atoms with E-state index in [2.05, 4.69) is 4.90 Å². The summed E-state index contributed by atoms with van der Waals surface area (Å²) in [4.78, 5) is 16.0. The van der Waals surface area contributed by atoms with Gasteiger partial charge < -0.3 is 20.3 Å². The zero-order valence-electron chi connectivity index (χ0n) is 14.4. The second kappa shape index (κ2) is 8.03. The summed E-state index contributed by atoms with van der Waals surface area (Å²) >= 11 is 0. The number of carbonyl (C=O) groups is 1. The van der Waals surface area contributed by atoms with Crippen molar-refractivity contribution in [3.8, 4) is 0 Å². The highest BCUT2D eigenvalue weighted by Crippen LogP contribution is 2.18. The molecule has 124 valence electrons. The first-order valence-corrected chi connectivity index (χ1v) is 7.75. The summed E-state index contributed by atoms with van der Waals surface area (Å²) in [5.41, 5.74) is 7.51. The monoisotopic (exact) mass is 307 g/mol. The van der Waals surface area contributed by atoms with E-state index < -0.39 is 5.60 Å². The third-order valence-electron chi connectivity index (χ3n) is 3.36. The van der Waals surface area contributed by atoms with Gasteiger partial charge >= 0.3 is 6.09 Å². The average Bonchev–Trinajstić information content (AvgIpc) is 2.45. The van der Waals surface area contributed by atoms with Crippen LogP contribution in [0.25, 0.3) is 0 Å². The van der Waals surface area contributed by atoms with Gasteiger partial charge in [0.15, 0.2) is 0 Å². The molecule has 0 aliphatic carbocycles. The molecule has 1 aromatic rings. The Balaban J connectivity index is 2.64. The van der Waals surface area contributed by atoms with Crippen LogP contribution >= 0.6 is 0 Å². The molecule has 5 heteroatoms. The molecule has 0 aromatic heterocycles. The number of hydrogen-bond donors (Lipinski definition) is 1. The van der Waals surface area contributed by atoms with Gasteiger partial charge in [-0.1, -0.05) is 18.2 Å². The van der Waals surface area contributed by atoms with Crippen molar-refractivity contribution in [3.05, 3.63) is 29.8 Å². The Morgan fingerprint density at radius 2 is 1.86 bits per heavy atom. The molecular formula is C17H29N3O2. The zero-order valence-corrected chi connectivity index (χ0v) is 14.4. The van der Waals surface area contributed by atoms with Crippen LogP contribution in [0.3, 0.4) is 0 Å². The zero-order chi connectivity index (χ0) is 16.8. The fourth-order valence-corrected chi connectivity index (χ4v) is 2.15. The van der Waals surface area contributed by atoms with Crippen LogP contribution in [0.2, 0.25) is 0 Å². The molecule has 0 bridgehead atoms. The molecule has 1 amide bonds. The lowest BCUT2D eigenvalue weighted by molar-refractivity contribution is 0.0265. The van der Waals surface area contributed by atoms with Gasteiger partial charge in [-0.25, -0.2) is 4.79 Å². The van der Waals surface area contributed by atoms with Gasteiger partial charge in [0.2, 0.25) is 0 Å². The summed E-state index contributed by atoms with van der Waals surface area (Å²) in [6.07, 6.45) is -0.268. The van der Waals surface area contributed by atoms with Crippen LogP contribution in [0.5, 0.6) is 0 Å². The molecule has 0 unspecified atom stereocenters. The van der Waals surface area contributed by atoms with Gasteiger partial charge in [-0.15, -0.1) is 0 Å². The Hall–Kier alpha value is -1.75. The minimum atomic E-state index is -0.470. The van der Waals surface area contributed by atoms with Crippen molar-refractivity contribution in [2.24, 2.45) is 5.73 Å². The Kier molecular flexibility index (Phi) is 6.68. The number of ether oxygens (including phenoxy) is 1. The van der Waals surface area contributed by atoms with Gasteiger partial charge in [0.25, 0.3) is 0 Å². The van der Waals surface area contributed by atoms with Gasteiger partial charge in [-0.05, 0) is 39.3 Å². The Bertz CT molecular complexity index is 483. The number of benzene rings is 1. The summed E-state index contributed by atoms with van der Waals surface area (Å²) in [6, 6.07) is 8.05. The van der Waals surface area contributed by atoms with Crippen molar-refractivity contribution in [3.63, 3.8) is 0 Å². The highest BCUT2D eigenvalue weighted by atomic mass is 16.6. The van der Waals surface area contributed by atoms with Gasteiger partial charge in [-0.2, -0.15) is 0 Å². The maximum Gasteiger partial charge on any atom is 0.410 e. The first kappa shape index (κ1) is 18.3. The van der Waals surface area contributed by atoms with Crippen LogP contribution in [0.15, 0.2) is 24.3 Å². The number of para-hydroxylation sites is 1. The van der Waals surface area contributed by atoms with Crippen molar-refractivity contribution in [2.75, 3.05) is 31.6 Å². The van der Waals surface area contributed by atoms with Crippen LogP contribution in [0.1, 0.15) is 33.3 Å². The number of carbonyl (C=O) groups excluding carboxylic acids is 1. The molecule has 5 nitrogen and oxygen atoms in total. The maximum absolute atomic E-state index is 12.1. The van der Waals surface area contributed by atoms with Crippen LogP contribution in [-0.4, -0.2) is 43.3 Å². The van der Waals surface area contributed by atoms with Crippen molar-refractivity contribution in [1.82, 2.24) is 4.90 Å². The first-order valence-electron chi connectivity index (χ1n) is 7.75. The smallest absolute Gasteiger partial charge is 0.410 e. The second-order valence-electron chi connectivity index (χ2n) is 6.31. The van der Waals surface area contributed by atoms with E-state index in [9.17, 15) is 4.79 Å². The van der Waals surface area contributed by atoms with E-state index >= 15 is 0 Å². The molecule has 2 N–H and O–H groups in total. The maximum atomic E-state index is 12.1. The van der Waals surface area contributed by atoms with Crippen LogP contribution in [0.4, 0.5) is 10.5 Å². The molecule has 0 heterocycles. The number of likely N-dealkylation sites (N-methyl/N-ethyl adjacent to an activating group) is 2. The Morgan fingerprint density at radius 3 is 2.41 bits per heavy atom. The van der Waals surface area contributed by atoms with E-state index in [1.54, 1.807) is 4.90 Å². The third-order valence-corrected chi connectivity index (χ3v) is 3.36. The topological polar surface area (TPSA) is 58.8 Å². The van der Waals surface area contributed by atoms with Crippen molar-refractivity contribution in [2.45, 2.75) is 39.8 Å². The number of nitrogens with zero attached hydrogens (tertiary/aromatic N) is 2. The predicted octanol–water partition coefficient (Wildman–Crippen LogP) is 2.84. The number of rotatable bonds is 6. The minimum Gasteiger partial charge on any atom is -0.444 e. The predicted molar refractivity (Wildman–Crippen MR) is 91.1 cm³/mol. The van der Waals surface area contributed by atoms with Gasteiger partial charge in [0.1, 0.15) is 5.60 Å². The number of amides is 1. The highest BCUT2D eigenvalue weighted by molar-refractivity contribution is 5.68. The molecule has 0 saturated heterocycles. The van der Waals surface area contributed by atoms with Crippen molar-refractivity contribution in [1.29, 1.82) is 0 Å². The molecule has 0 spiro atoms. The minimum absolute atomic E-state index is 0.268. The standard InChI is InChI=1S/C17H29N3O2/c1-6-20(16(21)22-17(2,3)4)12-11-19(5)15-10-8-7-9-14(15)13-18/h7-10H,6,11-13,18H2,1-5H3. The van der Waals surface area contributed by atoms with Crippen molar-refractivity contribution >= 4 is 11.8 Å². The largest absolute Gasteiger partial charge is 0.444 e. The Morgan fingerprint density at radius 1 is 1.23 bits per heavy atom. The lowest BCUT2D eigenvalue weighted by Gasteiger charge is -2.29. The molecule has 0 radical (unpaired) electrons. The van der Waals surface area contributed by atoms with E-state index in [1.807, 2.05) is 59.0 Å². The second-order valence-corrected chi connectivity index (χ2v) is 6.31. The van der Waals surface area contributed by atoms with Crippen LogP contribution in [-0.2, 0) is 11.3 Å². The summed E-state index contributed by atoms with van der Waals surface area (Å²) in [5, 5.41) is 0. The summed E-state index contributed by atoms with van der Waals surface area (Å²) in [5.74, 6) is 0. The lowest BCUT2D eigenvalue weighted by Crippen LogP contribution is -2.40. The Labute approximate surface area is 134 Å². The molecule has 0 aliphatic heterocycles. The van der Waals surface area contributed by atoms with Gasteiger partial charge in [-0.3, -0.25) is 0 Å². The lowest BCUT2D eigenvalue weighted by atomic mass is 10.1. The fraction of sp³-hybridized carbons (Fsp3) is 0.588. The summed E-state index contributed by atoms with van der Waals surface area (Å²) in [6.45, 7) is 10.1. The van der Waals surface area contributed by atoms with Crippen LogP contribution < -0.4 is 10.6 Å².